The van der Waals surface area contributed by atoms with E-state index in [-0.39, 0.29) is 12.8 Å². The Kier molecular flexibility index (Phi) is 40.5. The first-order chi connectivity index (χ1) is 46.3. The summed E-state index contributed by atoms with van der Waals surface area (Å²) in [6, 6.07) is -8.05. The summed E-state index contributed by atoms with van der Waals surface area (Å²) < 4.78 is 11.3. The number of carbonyl (C=O) groups is 13. The van der Waals surface area contributed by atoms with Crippen LogP contribution in [0.5, 0.6) is 0 Å². The monoisotopic (exact) mass is 1660 g/mol. The van der Waals surface area contributed by atoms with Crippen LogP contribution in [0.2, 0.25) is 0 Å². The summed E-state index contributed by atoms with van der Waals surface area (Å²) >= 11 is 68.6. The number of amides is 13. The van der Waals surface area contributed by atoms with Crippen LogP contribution in [0.15, 0.2) is 30.3 Å². The van der Waals surface area contributed by atoms with Crippen molar-refractivity contribution < 1.29 is 91.5 Å². The molecular formula is C55H78Cl12N14O19. The van der Waals surface area contributed by atoms with Crippen molar-refractivity contribution in [2.45, 2.75) is 154 Å². The number of nitrogens with one attached hydrogen (secondary N) is 13. The maximum atomic E-state index is 14.9. The molecule has 0 saturated carbocycles. The average Bonchev–Trinajstić information content (AvgIpc) is 0.915. The molecule has 11 atom stereocenters. The summed E-state index contributed by atoms with van der Waals surface area (Å²) in [6.07, 6.45) is -11.4. The second-order valence-electron chi connectivity index (χ2n) is 22.4. The molecule has 4 unspecified atom stereocenters. The number of aliphatic hydroxyl groups is 2. The van der Waals surface area contributed by atoms with E-state index in [0.717, 1.165) is 13.8 Å². The number of nitrogens with two attached hydrogens (primary N) is 1. The van der Waals surface area contributed by atoms with Gasteiger partial charge in [-0.2, -0.15) is 0 Å². The molecule has 100 heavy (non-hydrogen) atoms. The highest BCUT2D eigenvalue weighted by Gasteiger charge is 2.38. The quantitative estimate of drug-likeness (QED) is 0.0464. The van der Waals surface area contributed by atoms with Crippen LogP contribution >= 0.6 is 139 Å². The molecule has 17 N–H and O–H groups in total. The standard InChI is InChI=1S/C55H78Cl12N14O19/c1-26(2)20-35-44(89)77-31(11-16-70-48(93)97-22-52(56,57)58)40(85)76-34(14-19-73-51(96)100-25-55(65,66)67)43(88)81-38(28(4)83)47(92)69-15-10-30(74-41(86)33(78-46(91)37(68)27(3)82)13-18-72-50(95)99-24-54(62,63)64)39(84)75-32(12-17-71-49(94)98-23-53(59,60)61)42(87)80-36(45(90)79-35)21-29-8-6-5-7-9-29/h5-9,26-28,30-38,82-83H,10-25,68H2,1-4H3,(H,69,92)(H,70,93)(H,71,94)(H,72,95)(H,73,96)(H,74,86)(H,75,84)(H,76,85)(H,77,89)(H,78,91)(H,79,90)(H,80,87)(H,81,88)/t27-,28-,30?,31?,32+,33+,34+,35?,36?,37+,38+/m1/s1. The lowest BCUT2D eigenvalue weighted by atomic mass is 10.00. The Hall–Kier alpha value is -5.11. The van der Waals surface area contributed by atoms with Crippen LogP contribution < -0.4 is 74.9 Å². The number of hydrogen-bond donors (Lipinski definition) is 16. The zero-order valence-electron chi connectivity index (χ0n) is 53.6. The van der Waals surface area contributed by atoms with Gasteiger partial charge in [0.25, 0.3) is 0 Å². The Morgan fingerprint density at radius 1 is 0.510 bits per heavy atom. The fraction of sp³-hybridized carbons (Fsp3) is 0.655. The highest BCUT2D eigenvalue weighted by Crippen LogP contribution is 2.28. The third-order valence-corrected chi connectivity index (χ3v) is 14.6. The molecule has 0 aromatic heterocycles. The van der Waals surface area contributed by atoms with E-state index in [9.17, 15) is 72.5 Å². The summed E-state index contributed by atoms with van der Waals surface area (Å²) in [4.78, 5) is 181. The number of aliphatic hydroxyl groups excluding tert-OH is 2. The van der Waals surface area contributed by atoms with E-state index < -0.39 is 256 Å². The van der Waals surface area contributed by atoms with Gasteiger partial charge in [-0.3, -0.25) is 43.2 Å². The normalized spacial score (nSPS) is 21.0. The molecule has 2 rings (SSSR count). The fourth-order valence-electron chi connectivity index (χ4n) is 8.40. The molecule has 0 bridgehead atoms. The molecule has 566 valence electrons. The molecule has 13 amide bonds. The van der Waals surface area contributed by atoms with E-state index >= 15 is 0 Å². The topological polar surface area (TPSA) is 482 Å². The van der Waals surface area contributed by atoms with Gasteiger partial charge in [-0.25, -0.2) is 19.2 Å². The summed E-state index contributed by atoms with van der Waals surface area (Å²) in [5, 5.41) is 52.3. The van der Waals surface area contributed by atoms with Gasteiger partial charge in [0.15, 0.2) is 0 Å². The zero-order chi connectivity index (χ0) is 75.9. The van der Waals surface area contributed by atoms with Crippen LogP contribution in [0.25, 0.3) is 0 Å². The molecule has 0 aliphatic carbocycles. The van der Waals surface area contributed by atoms with Gasteiger partial charge in [-0.1, -0.05) is 183 Å². The summed E-state index contributed by atoms with van der Waals surface area (Å²) in [6.45, 7) is -0.188. The van der Waals surface area contributed by atoms with Crippen LogP contribution in [0.4, 0.5) is 19.2 Å². The molecule has 0 radical (unpaired) electrons. The molecule has 0 spiro atoms. The van der Waals surface area contributed by atoms with Crippen LogP contribution in [0, 0.1) is 5.92 Å². The van der Waals surface area contributed by atoms with Gasteiger partial charge in [-0.15, -0.1) is 0 Å². The molecule has 1 heterocycles. The first-order valence-corrected chi connectivity index (χ1v) is 34.6. The van der Waals surface area contributed by atoms with Gasteiger partial charge in [-0.05, 0) is 63.9 Å². The van der Waals surface area contributed by atoms with E-state index in [0.29, 0.717) is 5.56 Å². The second-order valence-corrected chi connectivity index (χ2v) is 32.5. The van der Waals surface area contributed by atoms with E-state index in [4.69, 9.17) is 164 Å². The third-order valence-electron chi connectivity index (χ3n) is 13.3. The smallest absolute Gasteiger partial charge is 0.407 e. The maximum Gasteiger partial charge on any atom is 0.407 e. The van der Waals surface area contributed by atoms with Crippen LogP contribution in [-0.4, -0.2) is 229 Å². The van der Waals surface area contributed by atoms with Crippen molar-refractivity contribution in [1.82, 2.24) is 69.1 Å². The lowest BCUT2D eigenvalue weighted by Gasteiger charge is -2.29. The van der Waals surface area contributed by atoms with Crippen LogP contribution in [0.3, 0.4) is 0 Å². The predicted octanol–water partition coefficient (Wildman–Crippen LogP) is 1.71. The Morgan fingerprint density at radius 3 is 1.28 bits per heavy atom. The summed E-state index contributed by atoms with van der Waals surface area (Å²) in [5.41, 5.74) is 6.30. The van der Waals surface area contributed by atoms with Crippen molar-refractivity contribution in [2.24, 2.45) is 11.7 Å². The molecule has 1 aromatic carbocycles. The zero-order valence-corrected chi connectivity index (χ0v) is 62.6. The Labute approximate surface area is 634 Å². The van der Waals surface area contributed by atoms with Gasteiger partial charge in [0.05, 0.1) is 12.2 Å². The number of halogens is 12. The maximum absolute atomic E-state index is 14.9. The molecule has 33 nitrogen and oxygen atoms in total. The van der Waals surface area contributed by atoms with E-state index in [1.165, 1.54) is 0 Å². The van der Waals surface area contributed by atoms with Gasteiger partial charge >= 0.3 is 24.4 Å². The van der Waals surface area contributed by atoms with Crippen LogP contribution in [0.1, 0.15) is 71.8 Å². The number of carbonyl (C=O) groups excluding carboxylic acids is 13. The number of ether oxygens (including phenoxy) is 4. The minimum Gasteiger partial charge on any atom is -0.445 e. The molecule has 1 saturated heterocycles. The number of alkyl halides is 12. The van der Waals surface area contributed by atoms with Gasteiger partial charge in [0.1, 0.15) is 80.8 Å². The Bertz CT molecular complexity index is 2920. The lowest BCUT2D eigenvalue weighted by Crippen LogP contribution is -2.61. The minimum absolute atomic E-state index is 0.182. The van der Waals surface area contributed by atoms with Crippen molar-refractivity contribution in [3.05, 3.63) is 35.9 Å². The number of benzene rings is 1. The number of rotatable bonds is 26. The molecule has 45 heteroatoms. The van der Waals surface area contributed by atoms with Crippen molar-refractivity contribution in [3.8, 4) is 0 Å². The predicted molar refractivity (Wildman–Crippen MR) is 371 cm³/mol. The van der Waals surface area contributed by atoms with E-state index in [1.807, 2.05) is 0 Å². The third kappa shape index (κ3) is 39.5. The Morgan fingerprint density at radius 2 is 0.880 bits per heavy atom. The largest absolute Gasteiger partial charge is 0.445 e. The van der Waals surface area contributed by atoms with Crippen LogP contribution in [-0.2, 0) is 68.5 Å². The average molecular weight is 1660 g/mol. The highest BCUT2D eigenvalue weighted by atomic mass is 35.6. The first-order valence-electron chi connectivity index (χ1n) is 30.1. The summed E-state index contributed by atoms with van der Waals surface area (Å²) in [5.74, 6) is -10.9. The Balaban J connectivity index is 3.02. The highest BCUT2D eigenvalue weighted by molar-refractivity contribution is 6.69. The fourth-order valence-corrected chi connectivity index (χ4v) is 9.06. The summed E-state index contributed by atoms with van der Waals surface area (Å²) in [7, 11) is 0. The van der Waals surface area contributed by atoms with E-state index in [1.54, 1.807) is 44.2 Å². The molecular weight excluding hydrogens is 1590 g/mol. The van der Waals surface area contributed by atoms with Crippen molar-refractivity contribution in [2.75, 3.05) is 59.2 Å². The number of hydrogen-bond acceptors (Lipinski definition) is 20. The second kappa shape index (κ2) is 44.5. The van der Waals surface area contributed by atoms with Gasteiger partial charge < -0.3 is 104 Å². The van der Waals surface area contributed by atoms with E-state index in [2.05, 4.69) is 69.1 Å². The van der Waals surface area contributed by atoms with Crippen molar-refractivity contribution >= 4 is 217 Å². The SMILES string of the molecule is CC(C)CC1NC(=O)C(Cc2ccccc2)NC(=O)[C@H](CCNC(=O)OCC(Cl)(Cl)Cl)NC(=O)C(NC(=O)[C@H](CCNC(=O)OCC(Cl)(Cl)Cl)NC(=O)[C@@H](N)[C@@H](C)O)CCNC(=O)[C@H]([C@@H](C)O)NC(=O)[C@H](CCNC(=O)OCC(Cl)(Cl)Cl)NC(=O)C(CCNC(=O)OCC(Cl)(Cl)Cl)NC1=O. The number of alkyl carbamates (subject to hydrolysis) is 4. The van der Waals surface area contributed by atoms with Gasteiger partial charge in [0, 0.05) is 39.1 Å². The molecule has 1 aliphatic rings. The first kappa shape index (κ1) is 91.0. The molecule has 1 fully saturated rings. The molecule has 1 aliphatic heterocycles. The van der Waals surface area contributed by atoms with Crippen molar-refractivity contribution in [3.63, 3.8) is 0 Å². The molecule has 1 aromatic rings. The lowest BCUT2D eigenvalue weighted by molar-refractivity contribution is -0.136. The minimum atomic E-state index is -2.07. The van der Waals surface area contributed by atoms with Crippen molar-refractivity contribution in [1.29, 1.82) is 0 Å². The van der Waals surface area contributed by atoms with Gasteiger partial charge in [0.2, 0.25) is 68.3 Å².